The van der Waals surface area contributed by atoms with Gasteiger partial charge in [0.2, 0.25) is 0 Å². The maximum absolute atomic E-state index is 2.72. The first-order valence-electron chi connectivity index (χ1n) is 21.0. The molecule has 0 unspecified atom stereocenters. The Morgan fingerprint density at radius 1 is 0.411 bits per heavy atom. The van der Waals surface area contributed by atoms with Gasteiger partial charge in [0.1, 0.15) is 8.07 Å². The van der Waals surface area contributed by atoms with Crippen LogP contribution in [0.25, 0.3) is 65.7 Å². The van der Waals surface area contributed by atoms with Crippen molar-refractivity contribution in [1.29, 1.82) is 0 Å². The van der Waals surface area contributed by atoms with Gasteiger partial charge < -0.3 is 0 Å². The van der Waals surface area contributed by atoms with E-state index in [9.17, 15) is 0 Å². The fourth-order valence-electron chi connectivity index (χ4n) is 10.2. The summed E-state index contributed by atoms with van der Waals surface area (Å²) in [5.74, 6) is 0. The van der Waals surface area contributed by atoms with E-state index in [0.29, 0.717) is 0 Å². The predicted molar refractivity (Wildman–Crippen MR) is 272 cm³/mol. The molecule has 0 nitrogen and oxygen atoms in total. The Hall–Kier alpha value is -3.12. The first-order valence-corrected chi connectivity index (χ1v) is 40.5. The van der Waals surface area contributed by atoms with Crippen molar-refractivity contribution < 1.29 is 0 Å². The lowest BCUT2D eigenvalue weighted by Gasteiger charge is -2.38. The van der Waals surface area contributed by atoms with E-state index in [0.717, 1.165) is 0 Å². The molecule has 0 atom stereocenters. The molecule has 7 aromatic carbocycles. The molecule has 0 aromatic heterocycles. The van der Waals surface area contributed by atoms with Crippen molar-refractivity contribution in [3.63, 3.8) is 0 Å². The number of fused-ring (bicyclic) bond motifs is 2. The summed E-state index contributed by atoms with van der Waals surface area (Å²) < 4.78 is 0. The standard InChI is InChI=1S/C50H63Si6/c1-51(2)38-20-17-21-39(52(3,4)5)46(38)36-31-37-48-42(55(12,13)14)24-19-25-43(48)56(15,16)44-30-32-26-27-34(33-28-29-35(36)50(45(32)33)49(37)44)47-40(53(6,7)8)22-18-23-41(47)54(9,10)11/h17-31H,1-16H3. The number of benzene rings is 7. The largest absolute Gasteiger partial charge is 0.113 e. The van der Waals surface area contributed by atoms with Gasteiger partial charge in [0.05, 0.1) is 41.1 Å². The molecule has 7 aromatic rings. The molecule has 1 heterocycles. The van der Waals surface area contributed by atoms with Crippen LogP contribution in [0.15, 0.2) is 91.0 Å². The quantitative estimate of drug-likeness (QED) is 0.111. The molecule has 0 amide bonds. The van der Waals surface area contributed by atoms with E-state index in [-0.39, 0.29) is 0 Å². The summed E-state index contributed by atoms with van der Waals surface area (Å²) >= 11 is 0. The first kappa shape index (κ1) is 39.7. The van der Waals surface area contributed by atoms with Crippen molar-refractivity contribution in [1.82, 2.24) is 0 Å². The minimum absolute atomic E-state index is 0.757. The van der Waals surface area contributed by atoms with Gasteiger partial charge in [0.15, 0.2) is 0 Å². The molecule has 0 bridgehead atoms. The maximum atomic E-state index is 2.72. The highest BCUT2D eigenvalue weighted by molar-refractivity contribution is 7.04. The van der Waals surface area contributed by atoms with Gasteiger partial charge in [-0.25, -0.2) is 0 Å². The zero-order valence-corrected chi connectivity index (χ0v) is 43.2. The van der Waals surface area contributed by atoms with Crippen LogP contribution in [0.5, 0.6) is 0 Å². The van der Waals surface area contributed by atoms with Crippen LogP contribution in [0.1, 0.15) is 0 Å². The van der Waals surface area contributed by atoms with Gasteiger partial charge in [-0.15, -0.1) is 0 Å². The molecule has 0 saturated carbocycles. The van der Waals surface area contributed by atoms with Crippen molar-refractivity contribution in [2.75, 3.05) is 0 Å². The molecule has 0 saturated heterocycles. The summed E-state index contributed by atoms with van der Waals surface area (Å²) in [7, 11) is -9.68. The molecule has 0 N–H and O–H groups in total. The van der Waals surface area contributed by atoms with E-state index in [1.807, 2.05) is 0 Å². The van der Waals surface area contributed by atoms with Gasteiger partial charge in [0, 0.05) is 0 Å². The van der Waals surface area contributed by atoms with Crippen molar-refractivity contribution in [2.24, 2.45) is 0 Å². The van der Waals surface area contributed by atoms with E-state index in [1.54, 1.807) is 58.4 Å². The van der Waals surface area contributed by atoms with E-state index in [1.165, 1.54) is 43.6 Å². The van der Waals surface area contributed by atoms with Gasteiger partial charge in [-0.3, -0.25) is 0 Å². The zero-order valence-electron chi connectivity index (χ0n) is 37.2. The molecule has 287 valence electrons. The highest BCUT2D eigenvalue weighted by Gasteiger charge is 2.40. The van der Waals surface area contributed by atoms with Crippen LogP contribution in [0.2, 0.25) is 105 Å². The fourth-order valence-corrected chi connectivity index (χ4v) is 21.4. The molecule has 1 aliphatic heterocycles. The molecular formula is C50H63Si6. The Morgan fingerprint density at radius 2 is 0.893 bits per heavy atom. The van der Waals surface area contributed by atoms with Gasteiger partial charge in [-0.05, 0) is 82.1 Å². The molecule has 0 fully saturated rings. The predicted octanol–water partition coefficient (Wildman–Crippen LogP) is 10.9. The van der Waals surface area contributed by atoms with Crippen molar-refractivity contribution in [3.05, 3.63) is 91.0 Å². The van der Waals surface area contributed by atoms with Crippen molar-refractivity contribution >= 4 is 118 Å². The summed E-state index contributed by atoms with van der Waals surface area (Å²) in [5.41, 5.74) is 9.12. The second-order valence-corrected chi connectivity index (χ2v) is 48.8. The molecule has 0 spiro atoms. The second kappa shape index (κ2) is 12.9. The summed E-state index contributed by atoms with van der Waals surface area (Å²) in [5, 5.41) is 20.2. The lowest BCUT2D eigenvalue weighted by molar-refractivity contribution is 1.62. The molecular weight excluding hydrogens is 769 g/mol. The summed E-state index contributed by atoms with van der Waals surface area (Å²) in [6.07, 6.45) is 0. The average Bonchev–Trinajstić information content (AvgIpc) is 3.10. The Morgan fingerprint density at radius 3 is 1.43 bits per heavy atom. The van der Waals surface area contributed by atoms with Crippen LogP contribution >= 0.6 is 0 Å². The lowest BCUT2D eigenvalue weighted by atomic mass is 9.83. The van der Waals surface area contributed by atoms with Crippen molar-refractivity contribution in [2.45, 2.75) is 105 Å². The average molecular weight is 833 g/mol. The molecule has 0 aliphatic carbocycles. The van der Waals surface area contributed by atoms with Gasteiger partial charge in [0.25, 0.3) is 0 Å². The highest BCUT2D eigenvalue weighted by Crippen LogP contribution is 2.47. The Labute approximate surface area is 344 Å². The smallest absolute Gasteiger partial charge is 0.0671 e. The topological polar surface area (TPSA) is 0 Å². The highest BCUT2D eigenvalue weighted by atomic mass is 28.3. The van der Waals surface area contributed by atoms with Gasteiger partial charge >= 0.3 is 0 Å². The van der Waals surface area contributed by atoms with Gasteiger partial charge in [-0.2, -0.15) is 0 Å². The first-order chi connectivity index (χ1) is 25.9. The van der Waals surface area contributed by atoms with E-state index >= 15 is 0 Å². The zero-order chi connectivity index (χ0) is 40.7. The van der Waals surface area contributed by atoms with Crippen LogP contribution in [0, 0.1) is 0 Å². The normalized spacial score (nSPS) is 14.7. The summed E-state index contributed by atoms with van der Waals surface area (Å²) in [6, 6.07) is 37.6. The second-order valence-electron chi connectivity index (χ2n) is 21.8. The molecule has 6 heteroatoms. The number of hydrogen-bond acceptors (Lipinski definition) is 0. The van der Waals surface area contributed by atoms with Crippen LogP contribution in [0.4, 0.5) is 0 Å². The van der Waals surface area contributed by atoms with Crippen LogP contribution < -0.4 is 36.3 Å². The Kier molecular flexibility index (Phi) is 9.17. The number of rotatable bonds is 7. The minimum atomic E-state index is -2.10. The van der Waals surface area contributed by atoms with Crippen LogP contribution in [-0.4, -0.2) is 49.2 Å². The molecule has 8 rings (SSSR count). The third-order valence-corrected chi connectivity index (χ3v) is 26.1. The third-order valence-electron chi connectivity index (χ3n) is 13.0. The van der Waals surface area contributed by atoms with E-state index < -0.39 is 49.2 Å². The Balaban J connectivity index is 1.66. The Bertz CT molecular complexity index is 2690. The minimum Gasteiger partial charge on any atom is -0.0671 e. The lowest BCUT2D eigenvalue weighted by Crippen LogP contribution is -2.58. The molecule has 1 radical (unpaired) electrons. The molecule has 56 heavy (non-hydrogen) atoms. The number of hydrogen-bond donors (Lipinski definition) is 0. The summed E-state index contributed by atoms with van der Waals surface area (Å²) in [4.78, 5) is 0. The third kappa shape index (κ3) is 6.03. The monoisotopic (exact) mass is 831 g/mol. The van der Waals surface area contributed by atoms with Crippen molar-refractivity contribution in [3.8, 4) is 33.4 Å². The SMILES string of the molecule is C[Si](C)c1cccc([Si](C)(C)C)c1-c1cc2c3c(cc4ccc(-c5c([Si](C)(C)C)cccc5[Si](C)(C)C)c5ccc1c3c45)[Si](C)(C)c1cccc([Si](C)(C)C)c1-2. The van der Waals surface area contributed by atoms with E-state index in [2.05, 4.69) is 196 Å². The molecule has 1 aliphatic rings. The fraction of sp³-hybridized carbons (Fsp3) is 0.320. The van der Waals surface area contributed by atoms with E-state index in [4.69, 9.17) is 0 Å². The summed E-state index contributed by atoms with van der Waals surface area (Å²) in [6.45, 7) is 40.8. The van der Waals surface area contributed by atoms with Crippen LogP contribution in [0.3, 0.4) is 0 Å². The maximum Gasteiger partial charge on any atom is 0.113 e. The van der Waals surface area contributed by atoms with Crippen LogP contribution in [-0.2, 0) is 0 Å². The van der Waals surface area contributed by atoms with Gasteiger partial charge in [-0.1, -0.05) is 216 Å².